The number of hydrogen-bond donors (Lipinski definition) is 0. The number of carbonyl (C=O) groups excluding carboxylic acids is 1. The lowest BCUT2D eigenvalue weighted by Crippen LogP contribution is -2.15. The molecule has 0 fully saturated rings. The van der Waals surface area contributed by atoms with E-state index in [2.05, 4.69) is 4.98 Å². The van der Waals surface area contributed by atoms with Gasteiger partial charge in [0.2, 0.25) is 0 Å². The molecule has 16 heavy (non-hydrogen) atoms. The first-order valence-corrected chi connectivity index (χ1v) is 5.75. The van der Waals surface area contributed by atoms with Crippen LogP contribution in [0.1, 0.15) is 15.4 Å². The highest BCUT2D eigenvalue weighted by Crippen LogP contribution is 2.28. The molecule has 0 N–H and O–H groups in total. The Morgan fingerprint density at radius 3 is 3.06 bits per heavy atom. The second kappa shape index (κ2) is 4.67. The van der Waals surface area contributed by atoms with Gasteiger partial charge in [-0.2, -0.15) is 0 Å². The van der Waals surface area contributed by atoms with Crippen LogP contribution in [-0.2, 0) is 6.54 Å². The number of furan rings is 1. The summed E-state index contributed by atoms with van der Waals surface area (Å²) >= 11 is 7.05. The van der Waals surface area contributed by atoms with E-state index in [1.807, 2.05) is 24.1 Å². The van der Waals surface area contributed by atoms with Crippen LogP contribution in [0, 0.1) is 0 Å². The minimum absolute atomic E-state index is 0.251. The smallest absolute Gasteiger partial charge is 0.187 e. The summed E-state index contributed by atoms with van der Waals surface area (Å²) < 4.78 is 5.22. The fraction of sp³-hybridized carbons (Fsp3) is 0.200. The van der Waals surface area contributed by atoms with Gasteiger partial charge in [-0.25, -0.2) is 4.98 Å². The molecule has 0 bridgehead atoms. The van der Waals surface area contributed by atoms with Gasteiger partial charge in [0.1, 0.15) is 10.6 Å². The monoisotopic (exact) mass is 256 g/mol. The van der Waals surface area contributed by atoms with Gasteiger partial charge in [0.15, 0.2) is 16.6 Å². The highest BCUT2D eigenvalue weighted by atomic mass is 35.5. The maximum Gasteiger partial charge on any atom is 0.187 e. The fourth-order valence-electron chi connectivity index (χ4n) is 1.24. The molecule has 0 saturated carbocycles. The van der Waals surface area contributed by atoms with E-state index in [0.29, 0.717) is 22.8 Å². The molecule has 0 aliphatic carbocycles. The quantitative estimate of drug-likeness (QED) is 0.789. The Bertz CT molecular complexity index is 481. The van der Waals surface area contributed by atoms with E-state index in [1.54, 1.807) is 6.26 Å². The van der Waals surface area contributed by atoms with Crippen molar-refractivity contribution in [2.45, 2.75) is 6.54 Å². The van der Waals surface area contributed by atoms with E-state index >= 15 is 0 Å². The third-order valence-electron chi connectivity index (χ3n) is 2.01. The standard InChI is InChI=1S/C10H9ClN2O2S/c1-13(5-7-3-2-4-15-7)10-12-9(11)8(6-14)16-10/h2-4,6H,5H2,1H3. The molecule has 2 aromatic rings. The molecule has 6 heteroatoms. The number of halogens is 1. The van der Waals surface area contributed by atoms with Crippen LogP contribution in [0.2, 0.25) is 5.15 Å². The van der Waals surface area contributed by atoms with Gasteiger partial charge in [0.25, 0.3) is 0 Å². The van der Waals surface area contributed by atoms with Crippen LogP contribution in [0.4, 0.5) is 5.13 Å². The van der Waals surface area contributed by atoms with Gasteiger partial charge >= 0.3 is 0 Å². The lowest BCUT2D eigenvalue weighted by molar-refractivity contribution is 0.112. The SMILES string of the molecule is CN(Cc1ccco1)c1nc(Cl)c(C=O)s1. The fourth-order valence-corrected chi connectivity index (χ4v) is 2.26. The van der Waals surface area contributed by atoms with Crippen molar-refractivity contribution in [3.05, 3.63) is 34.2 Å². The van der Waals surface area contributed by atoms with E-state index in [4.69, 9.17) is 16.0 Å². The van der Waals surface area contributed by atoms with Gasteiger partial charge < -0.3 is 9.32 Å². The van der Waals surface area contributed by atoms with Gasteiger partial charge in [0, 0.05) is 7.05 Å². The van der Waals surface area contributed by atoms with E-state index < -0.39 is 0 Å². The summed E-state index contributed by atoms with van der Waals surface area (Å²) in [5, 5.41) is 0.949. The molecule has 4 nitrogen and oxygen atoms in total. The first-order chi connectivity index (χ1) is 7.70. The largest absolute Gasteiger partial charge is 0.467 e. The summed E-state index contributed by atoms with van der Waals surface area (Å²) in [4.78, 5) is 17.1. The molecule has 0 unspecified atom stereocenters. The van der Waals surface area contributed by atoms with Crippen LogP contribution in [-0.4, -0.2) is 18.3 Å². The van der Waals surface area contributed by atoms with Gasteiger partial charge in [-0.3, -0.25) is 4.79 Å². The van der Waals surface area contributed by atoms with Crippen molar-refractivity contribution in [3.8, 4) is 0 Å². The van der Waals surface area contributed by atoms with Gasteiger partial charge in [-0.05, 0) is 12.1 Å². The molecule has 84 valence electrons. The van der Waals surface area contributed by atoms with Crippen LogP contribution in [0.5, 0.6) is 0 Å². The number of nitrogens with zero attached hydrogens (tertiary/aromatic N) is 2. The number of thiazole rings is 1. The minimum atomic E-state index is 0.251. The summed E-state index contributed by atoms with van der Waals surface area (Å²) in [6.45, 7) is 0.592. The minimum Gasteiger partial charge on any atom is -0.467 e. The highest BCUT2D eigenvalue weighted by Gasteiger charge is 2.12. The lowest BCUT2D eigenvalue weighted by Gasteiger charge is -2.13. The Hall–Kier alpha value is -1.33. The maximum absolute atomic E-state index is 10.6. The van der Waals surface area contributed by atoms with Crippen molar-refractivity contribution in [1.29, 1.82) is 0 Å². The third-order valence-corrected chi connectivity index (χ3v) is 3.50. The molecule has 2 rings (SSSR count). The first kappa shape index (κ1) is 11.2. The zero-order valence-electron chi connectivity index (χ0n) is 8.51. The summed E-state index contributed by atoms with van der Waals surface area (Å²) in [7, 11) is 1.87. The molecule has 0 amide bonds. The highest BCUT2D eigenvalue weighted by molar-refractivity contribution is 7.17. The van der Waals surface area contributed by atoms with Crippen LogP contribution in [0.3, 0.4) is 0 Å². The van der Waals surface area contributed by atoms with Gasteiger partial charge in [0.05, 0.1) is 12.8 Å². The average Bonchev–Trinajstić information content (AvgIpc) is 2.87. The molecule has 0 atom stereocenters. The average molecular weight is 257 g/mol. The molecule has 0 aromatic carbocycles. The molecule has 0 radical (unpaired) electrons. The Balaban J connectivity index is 2.14. The molecule has 0 aliphatic heterocycles. The first-order valence-electron chi connectivity index (χ1n) is 4.55. The summed E-state index contributed by atoms with van der Waals surface area (Å²) in [5.41, 5.74) is 0. The van der Waals surface area contributed by atoms with Crippen LogP contribution in [0.15, 0.2) is 22.8 Å². The Labute approximate surface area is 101 Å². The van der Waals surface area contributed by atoms with Crippen molar-refractivity contribution >= 4 is 34.4 Å². The maximum atomic E-state index is 10.6. The van der Waals surface area contributed by atoms with Crippen LogP contribution < -0.4 is 4.90 Å². The number of rotatable bonds is 4. The van der Waals surface area contributed by atoms with E-state index in [0.717, 1.165) is 5.76 Å². The van der Waals surface area contributed by atoms with E-state index in [1.165, 1.54) is 11.3 Å². The molecule has 2 heterocycles. The van der Waals surface area contributed by atoms with Gasteiger partial charge in [-0.15, -0.1) is 0 Å². The van der Waals surface area contributed by atoms with Crippen LogP contribution in [0.25, 0.3) is 0 Å². The zero-order valence-corrected chi connectivity index (χ0v) is 10.1. The Kier molecular flexibility index (Phi) is 3.26. The predicted octanol–water partition coefficient (Wildman–Crippen LogP) is 2.84. The normalized spacial score (nSPS) is 10.4. The van der Waals surface area contributed by atoms with Crippen molar-refractivity contribution in [2.75, 3.05) is 11.9 Å². The molecular weight excluding hydrogens is 248 g/mol. The van der Waals surface area contributed by atoms with Crippen LogP contribution >= 0.6 is 22.9 Å². The van der Waals surface area contributed by atoms with Gasteiger partial charge in [-0.1, -0.05) is 22.9 Å². The molecule has 0 spiro atoms. The number of carbonyl (C=O) groups is 1. The topological polar surface area (TPSA) is 46.3 Å². The predicted molar refractivity (Wildman–Crippen MR) is 63.3 cm³/mol. The van der Waals surface area contributed by atoms with E-state index in [9.17, 15) is 4.79 Å². The Morgan fingerprint density at radius 1 is 1.69 bits per heavy atom. The summed E-state index contributed by atoms with van der Waals surface area (Å²) in [6, 6.07) is 3.71. The molecule has 2 aromatic heterocycles. The summed E-state index contributed by atoms with van der Waals surface area (Å²) in [6.07, 6.45) is 2.33. The van der Waals surface area contributed by atoms with Crippen molar-refractivity contribution in [2.24, 2.45) is 0 Å². The number of aromatic nitrogens is 1. The van der Waals surface area contributed by atoms with E-state index in [-0.39, 0.29) is 5.15 Å². The molecule has 0 saturated heterocycles. The summed E-state index contributed by atoms with van der Waals surface area (Å²) in [5.74, 6) is 0.835. The zero-order chi connectivity index (χ0) is 11.5. The number of aldehydes is 1. The molecule has 0 aliphatic rings. The van der Waals surface area contributed by atoms with Crippen molar-refractivity contribution in [3.63, 3.8) is 0 Å². The lowest BCUT2D eigenvalue weighted by atomic mass is 10.4. The second-order valence-corrected chi connectivity index (χ2v) is 4.57. The van der Waals surface area contributed by atoms with Crippen molar-refractivity contribution in [1.82, 2.24) is 4.98 Å². The second-order valence-electron chi connectivity index (χ2n) is 3.20. The molecular formula is C10H9ClN2O2S. The Morgan fingerprint density at radius 2 is 2.50 bits per heavy atom. The third kappa shape index (κ3) is 2.25. The number of hydrogen-bond acceptors (Lipinski definition) is 5. The number of anilines is 1. The van der Waals surface area contributed by atoms with Crippen molar-refractivity contribution < 1.29 is 9.21 Å².